The van der Waals surface area contributed by atoms with Crippen LogP contribution in [-0.2, 0) is 12.8 Å². The van der Waals surface area contributed by atoms with Crippen molar-refractivity contribution in [3.8, 4) is 0 Å². The number of allylic oxidation sites excluding steroid dienone is 1. The van der Waals surface area contributed by atoms with Crippen molar-refractivity contribution in [3.05, 3.63) is 77.1 Å². The molecular weight excluding hydrogens is 235 g/mol. The first-order chi connectivity index (χ1) is 9.06. The molecule has 0 saturated carbocycles. The third-order valence-electron chi connectivity index (χ3n) is 3.39. The number of hydrogen-bond acceptors (Lipinski definition) is 0. The maximum Gasteiger partial charge on any atom is 0.126 e. The molecule has 0 fully saturated rings. The van der Waals surface area contributed by atoms with Gasteiger partial charge in [0.15, 0.2) is 0 Å². The Morgan fingerprint density at radius 2 is 1.58 bits per heavy atom. The molecule has 0 N–H and O–H groups in total. The van der Waals surface area contributed by atoms with Crippen LogP contribution in [0.3, 0.4) is 0 Å². The lowest BCUT2D eigenvalue weighted by Gasteiger charge is -2.05. The highest BCUT2D eigenvalue weighted by molar-refractivity contribution is 5.61. The first-order valence-electron chi connectivity index (χ1n) is 6.56. The van der Waals surface area contributed by atoms with E-state index in [9.17, 15) is 4.39 Å². The van der Waals surface area contributed by atoms with Crippen LogP contribution in [0, 0.1) is 12.7 Å². The van der Waals surface area contributed by atoms with Crippen molar-refractivity contribution in [2.75, 3.05) is 0 Å². The molecule has 1 heteroatoms. The zero-order valence-electron chi connectivity index (χ0n) is 11.5. The van der Waals surface area contributed by atoms with Crippen molar-refractivity contribution in [2.24, 2.45) is 0 Å². The van der Waals surface area contributed by atoms with Crippen LogP contribution in [0.1, 0.15) is 29.2 Å². The predicted molar refractivity (Wildman–Crippen MR) is 79.7 cm³/mol. The lowest BCUT2D eigenvalue weighted by atomic mass is 10.0. The maximum atomic E-state index is 13.4. The Morgan fingerprint density at radius 3 is 2.16 bits per heavy atom. The second-order valence-corrected chi connectivity index (χ2v) is 5.06. The van der Waals surface area contributed by atoms with E-state index in [-0.39, 0.29) is 5.82 Å². The highest BCUT2D eigenvalue weighted by atomic mass is 19.1. The maximum absolute atomic E-state index is 13.4. The molecule has 0 atom stereocenters. The average molecular weight is 254 g/mol. The van der Waals surface area contributed by atoms with Gasteiger partial charge in [-0.3, -0.25) is 0 Å². The molecule has 2 aromatic carbocycles. The van der Waals surface area contributed by atoms with Gasteiger partial charge in [0.05, 0.1) is 0 Å². The summed E-state index contributed by atoms with van der Waals surface area (Å²) in [6.45, 7) is 7.72. The van der Waals surface area contributed by atoms with Crippen LogP contribution in [-0.4, -0.2) is 0 Å². The Kier molecular flexibility index (Phi) is 4.16. The van der Waals surface area contributed by atoms with Gasteiger partial charge in [0, 0.05) is 0 Å². The van der Waals surface area contributed by atoms with E-state index >= 15 is 0 Å². The molecule has 0 amide bonds. The van der Waals surface area contributed by atoms with E-state index in [4.69, 9.17) is 0 Å². The van der Waals surface area contributed by atoms with Gasteiger partial charge in [0.2, 0.25) is 0 Å². The molecule has 0 nitrogen and oxygen atoms in total. The zero-order valence-corrected chi connectivity index (χ0v) is 11.5. The highest BCUT2D eigenvalue weighted by Gasteiger charge is 2.01. The minimum atomic E-state index is -0.116. The Bertz CT molecular complexity index is 579. The Labute approximate surface area is 114 Å². The second-order valence-electron chi connectivity index (χ2n) is 5.06. The van der Waals surface area contributed by atoms with Gasteiger partial charge in [0.1, 0.15) is 5.82 Å². The molecule has 98 valence electrons. The van der Waals surface area contributed by atoms with Crippen molar-refractivity contribution < 1.29 is 4.39 Å². The predicted octanol–water partition coefficient (Wildman–Crippen LogP) is 4.95. The van der Waals surface area contributed by atoms with Crippen LogP contribution < -0.4 is 0 Å². The zero-order chi connectivity index (χ0) is 13.8. The quantitative estimate of drug-likeness (QED) is 0.724. The topological polar surface area (TPSA) is 0 Å². The number of aryl methyl sites for hydroxylation is 3. The van der Waals surface area contributed by atoms with E-state index in [1.807, 2.05) is 19.1 Å². The first kappa shape index (κ1) is 13.5. The van der Waals surface area contributed by atoms with Gasteiger partial charge in [-0.2, -0.15) is 0 Å². The lowest BCUT2D eigenvalue weighted by Crippen LogP contribution is -1.93. The summed E-state index contributed by atoms with van der Waals surface area (Å²) in [5, 5.41) is 0. The van der Waals surface area contributed by atoms with Crippen LogP contribution in [0.2, 0.25) is 0 Å². The van der Waals surface area contributed by atoms with E-state index < -0.39 is 0 Å². The molecule has 0 saturated heterocycles. The third kappa shape index (κ3) is 3.54. The van der Waals surface area contributed by atoms with Gasteiger partial charge in [-0.15, -0.1) is 0 Å². The molecule has 19 heavy (non-hydrogen) atoms. The van der Waals surface area contributed by atoms with E-state index in [0.29, 0.717) is 5.56 Å². The average Bonchev–Trinajstić information content (AvgIpc) is 2.40. The molecule has 2 rings (SSSR count). The molecular formula is C18H19F. The van der Waals surface area contributed by atoms with Crippen LogP contribution >= 0.6 is 0 Å². The van der Waals surface area contributed by atoms with Gasteiger partial charge in [-0.1, -0.05) is 48.6 Å². The number of hydrogen-bond donors (Lipinski definition) is 0. The normalized spacial score (nSPS) is 10.5. The van der Waals surface area contributed by atoms with Gasteiger partial charge in [-0.25, -0.2) is 4.39 Å². The van der Waals surface area contributed by atoms with Crippen molar-refractivity contribution in [2.45, 2.75) is 26.7 Å². The molecule has 0 aliphatic carbocycles. The summed E-state index contributed by atoms with van der Waals surface area (Å²) in [5.41, 5.74) is 5.27. The lowest BCUT2D eigenvalue weighted by molar-refractivity contribution is 0.616. The summed E-state index contributed by atoms with van der Waals surface area (Å²) in [4.78, 5) is 0. The largest absolute Gasteiger partial charge is 0.207 e. The van der Waals surface area contributed by atoms with Crippen LogP contribution in [0.4, 0.5) is 4.39 Å². The molecule has 0 heterocycles. The van der Waals surface area contributed by atoms with Crippen molar-refractivity contribution >= 4 is 5.57 Å². The van der Waals surface area contributed by atoms with E-state index in [1.165, 1.54) is 11.1 Å². The Morgan fingerprint density at radius 1 is 1.00 bits per heavy atom. The van der Waals surface area contributed by atoms with Gasteiger partial charge >= 0.3 is 0 Å². The molecule has 0 bridgehead atoms. The van der Waals surface area contributed by atoms with Crippen LogP contribution in [0.25, 0.3) is 5.57 Å². The monoisotopic (exact) mass is 254 g/mol. The van der Waals surface area contributed by atoms with Gasteiger partial charge in [0.25, 0.3) is 0 Å². The molecule has 0 aliphatic heterocycles. The molecule has 0 unspecified atom stereocenters. The first-order valence-corrected chi connectivity index (χ1v) is 6.56. The number of benzene rings is 2. The van der Waals surface area contributed by atoms with Gasteiger partial charge in [-0.05, 0) is 55.0 Å². The molecule has 0 aromatic heterocycles. The summed E-state index contributed by atoms with van der Waals surface area (Å²) < 4.78 is 13.4. The highest BCUT2D eigenvalue weighted by Crippen LogP contribution is 2.15. The number of rotatable bonds is 4. The smallest absolute Gasteiger partial charge is 0.126 e. The molecule has 0 aliphatic rings. The summed E-state index contributed by atoms with van der Waals surface area (Å²) in [7, 11) is 0. The summed E-state index contributed by atoms with van der Waals surface area (Å²) in [5.74, 6) is -0.116. The Balaban J connectivity index is 2.01. The summed E-state index contributed by atoms with van der Waals surface area (Å²) >= 11 is 0. The molecule has 2 aromatic rings. The number of halogens is 1. The SMILES string of the molecule is C=C(C)c1ccc(CCc2ccc(C)c(F)c2)cc1. The van der Waals surface area contributed by atoms with Crippen LogP contribution in [0.5, 0.6) is 0 Å². The van der Waals surface area contributed by atoms with Crippen molar-refractivity contribution in [1.29, 1.82) is 0 Å². The van der Waals surface area contributed by atoms with E-state index in [2.05, 4.69) is 30.8 Å². The standard InChI is InChI=1S/C18H19F/c1-13(2)17-10-8-15(9-11-17)6-7-16-5-4-14(3)18(19)12-16/h4-5,8-12H,1,6-7H2,2-3H3. The fraction of sp³-hybridized carbons (Fsp3) is 0.222. The third-order valence-corrected chi connectivity index (χ3v) is 3.39. The van der Waals surface area contributed by atoms with E-state index in [0.717, 1.165) is 24.0 Å². The van der Waals surface area contributed by atoms with E-state index in [1.54, 1.807) is 13.0 Å². The second kappa shape index (κ2) is 5.83. The van der Waals surface area contributed by atoms with Crippen LogP contribution in [0.15, 0.2) is 49.0 Å². The fourth-order valence-electron chi connectivity index (χ4n) is 2.04. The summed E-state index contributed by atoms with van der Waals surface area (Å²) in [6.07, 6.45) is 1.79. The van der Waals surface area contributed by atoms with Gasteiger partial charge < -0.3 is 0 Å². The molecule has 0 radical (unpaired) electrons. The minimum absolute atomic E-state index is 0.116. The fourth-order valence-corrected chi connectivity index (χ4v) is 2.04. The van der Waals surface area contributed by atoms with Crippen molar-refractivity contribution in [1.82, 2.24) is 0 Å². The van der Waals surface area contributed by atoms with Crippen molar-refractivity contribution in [3.63, 3.8) is 0 Å². The molecule has 0 spiro atoms. The minimum Gasteiger partial charge on any atom is -0.207 e. The summed E-state index contributed by atoms with van der Waals surface area (Å²) in [6, 6.07) is 13.9. The Hall–Kier alpha value is -1.89.